The second-order valence-corrected chi connectivity index (χ2v) is 4.90. The van der Waals surface area contributed by atoms with Crippen molar-refractivity contribution in [2.45, 2.75) is 37.8 Å². The van der Waals surface area contributed by atoms with E-state index in [1.807, 2.05) is 0 Å². The van der Waals surface area contributed by atoms with E-state index < -0.39 is 0 Å². The van der Waals surface area contributed by atoms with E-state index in [9.17, 15) is 9.90 Å². The number of aliphatic hydroxyl groups is 1. The topological polar surface area (TPSA) is 84.6 Å². The van der Waals surface area contributed by atoms with Gasteiger partial charge in [-0.15, -0.1) is 0 Å². The molecule has 0 unspecified atom stereocenters. The molecule has 1 aromatic rings. The Kier molecular flexibility index (Phi) is 4.27. The van der Waals surface area contributed by atoms with Crippen LogP contribution in [0.1, 0.15) is 36.0 Å². The van der Waals surface area contributed by atoms with Crippen molar-refractivity contribution in [2.24, 2.45) is 0 Å². The molecule has 4 N–H and O–H groups in total. The van der Waals surface area contributed by atoms with Crippen LogP contribution in [0.3, 0.4) is 0 Å². The minimum absolute atomic E-state index is 0.113. The maximum atomic E-state index is 12.2. The van der Waals surface area contributed by atoms with Crippen LogP contribution in [-0.2, 0) is 0 Å². The third-order valence-electron chi connectivity index (χ3n) is 3.56. The second-order valence-electron chi connectivity index (χ2n) is 4.90. The Morgan fingerprint density at radius 1 is 1.37 bits per heavy atom. The lowest BCUT2D eigenvalue weighted by Gasteiger charge is -2.26. The van der Waals surface area contributed by atoms with Crippen LogP contribution >= 0.6 is 0 Å². The van der Waals surface area contributed by atoms with Crippen LogP contribution in [0.25, 0.3) is 0 Å². The highest BCUT2D eigenvalue weighted by molar-refractivity contribution is 6.00. The Morgan fingerprint density at radius 3 is 2.68 bits per heavy atom. The predicted molar refractivity (Wildman–Crippen MR) is 73.1 cm³/mol. The molecular weight excluding hydrogens is 244 g/mol. The fraction of sp³-hybridized carbons (Fsp3) is 0.500. The summed E-state index contributed by atoms with van der Waals surface area (Å²) in [5.41, 5.74) is 6.69. The number of ether oxygens (including phenoxy) is 1. The first-order valence-corrected chi connectivity index (χ1v) is 6.53. The van der Waals surface area contributed by atoms with E-state index in [2.05, 4.69) is 5.32 Å². The van der Waals surface area contributed by atoms with Gasteiger partial charge in [-0.25, -0.2) is 0 Å². The highest BCUT2D eigenvalue weighted by atomic mass is 16.5. The molecule has 0 radical (unpaired) electrons. The van der Waals surface area contributed by atoms with Gasteiger partial charge in [-0.1, -0.05) is 6.07 Å². The number of carbonyl (C=O) groups is 1. The predicted octanol–water partition coefficient (Wildman–Crippen LogP) is 1.31. The molecule has 1 fully saturated rings. The molecule has 0 aromatic heterocycles. The minimum Gasteiger partial charge on any atom is -0.495 e. The Balaban J connectivity index is 2.04. The first-order chi connectivity index (χ1) is 9.11. The maximum absolute atomic E-state index is 12.2. The molecule has 0 saturated heterocycles. The number of nitrogens with one attached hydrogen (secondary N) is 1. The molecule has 1 aliphatic rings. The summed E-state index contributed by atoms with van der Waals surface area (Å²) < 4.78 is 5.10. The van der Waals surface area contributed by atoms with E-state index in [4.69, 9.17) is 10.5 Å². The van der Waals surface area contributed by atoms with E-state index in [1.54, 1.807) is 18.2 Å². The van der Waals surface area contributed by atoms with Gasteiger partial charge >= 0.3 is 0 Å². The molecule has 1 aromatic carbocycles. The van der Waals surface area contributed by atoms with Crippen LogP contribution in [0.15, 0.2) is 18.2 Å². The van der Waals surface area contributed by atoms with Crippen molar-refractivity contribution in [3.8, 4) is 5.75 Å². The number of anilines is 1. The van der Waals surface area contributed by atoms with E-state index in [0.29, 0.717) is 17.0 Å². The molecule has 19 heavy (non-hydrogen) atoms. The molecule has 2 rings (SSSR count). The number of benzene rings is 1. The van der Waals surface area contributed by atoms with Crippen LogP contribution in [0.4, 0.5) is 5.69 Å². The number of amides is 1. The van der Waals surface area contributed by atoms with Gasteiger partial charge in [0.1, 0.15) is 5.75 Å². The van der Waals surface area contributed by atoms with Crippen LogP contribution in [0, 0.1) is 0 Å². The Bertz CT molecular complexity index is 454. The summed E-state index contributed by atoms with van der Waals surface area (Å²) in [6, 6.07) is 5.27. The monoisotopic (exact) mass is 264 g/mol. The van der Waals surface area contributed by atoms with E-state index in [-0.39, 0.29) is 18.1 Å². The van der Waals surface area contributed by atoms with E-state index in [1.165, 1.54) is 7.11 Å². The second kappa shape index (κ2) is 5.93. The molecule has 0 spiro atoms. The molecule has 0 atom stereocenters. The smallest absolute Gasteiger partial charge is 0.253 e. The van der Waals surface area contributed by atoms with Gasteiger partial charge in [0.25, 0.3) is 5.91 Å². The maximum Gasteiger partial charge on any atom is 0.253 e. The van der Waals surface area contributed by atoms with E-state index >= 15 is 0 Å². The fourth-order valence-corrected chi connectivity index (χ4v) is 2.40. The lowest BCUT2D eigenvalue weighted by atomic mass is 9.93. The molecule has 5 nitrogen and oxygen atoms in total. The van der Waals surface area contributed by atoms with Gasteiger partial charge in [-0.2, -0.15) is 0 Å². The molecular formula is C14H20N2O3. The quantitative estimate of drug-likeness (QED) is 0.719. The summed E-state index contributed by atoms with van der Waals surface area (Å²) >= 11 is 0. The van der Waals surface area contributed by atoms with Crippen LogP contribution in [0.2, 0.25) is 0 Å². The zero-order chi connectivity index (χ0) is 13.8. The van der Waals surface area contributed by atoms with E-state index in [0.717, 1.165) is 25.7 Å². The number of rotatable bonds is 3. The van der Waals surface area contributed by atoms with Crippen molar-refractivity contribution < 1.29 is 14.6 Å². The Labute approximate surface area is 112 Å². The van der Waals surface area contributed by atoms with Crippen molar-refractivity contribution in [3.05, 3.63) is 23.8 Å². The van der Waals surface area contributed by atoms with Crippen molar-refractivity contribution in [2.75, 3.05) is 12.8 Å². The summed E-state index contributed by atoms with van der Waals surface area (Å²) in [7, 11) is 1.52. The molecule has 0 aliphatic heterocycles. The number of hydrogen-bond donors (Lipinski definition) is 3. The highest BCUT2D eigenvalue weighted by Crippen LogP contribution is 2.25. The van der Waals surface area contributed by atoms with Gasteiger partial charge < -0.3 is 20.9 Å². The van der Waals surface area contributed by atoms with Gasteiger partial charge in [0, 0.05) is 6.04 Å². The zero-order valence-corrected chi connectivity index (χ0v) is 11.1. The zero-order valence-electron chi connectivity index (χ0n) is 11.1. The fourth-order valence-electron chi connectivity index (χ4n) is 2.40. The molecule has 104 valence electrons. The third kappa shape index (κ3) is 3.17. The minimum atomic E-state index is -0.227. The average molecular weight is 264 g/mol. The van der Waals surface area contributed by atoms with Gasteiger partial charge in [0.2, 0.25) is 0 Å². The summed E-state index contributed by atoms with van der Waals surface area (Å²) in [4.78, 5) is 12.2. The van der Waals surface area contributed by atoms with Crippen LogP contribution in [0.5, 0.6) is 5.75 Å². The summed E-state index contributed by atoms with van der Waals surface area (Å²) in [5, 5.41) is 12.4. The molecule has 1 amide bonds. The number of nitrogens with two attached hydrogens (primary N) is 1. The number of aliphatic hydroxyl groups excluding tert-OH is 1. The standard InChI is InChI=1S/C14H20N2O3/c1-19-12-4-2-3-11(13(12)15)14(18)16-9-5-7-10(17)8-6-9/h2-4,9-10,17H,5-8,15H2,1H3,(H,16,18). The molecule has 1 saturated carbocycles. The van der Waals surface area contributed by atoms with Gasteiger partial charge in [-0.05, 0) is 37.8 Å². The number of para-hydroxylation sites is 1. The summed E-state index contributed by atoms with van der Waals surface area (Å²) in [6.07, 6.45) is 2.85. The van der Waals surface area contributed by atoms with Crippen LogP contribution < -0.4 is 15.8 Å². The SMILES string of the molecule is COc1cccc(C(=O)NC2CCC(O)CC2)c1N. The van der Waals surface area contributed by atoms with Gasteiger partial charge in [0.05, 0.1) is 24.5 Å². The van der Waals surface area contributed by atoms with Crippen molar-refractivity contribution in [1.29, 1.82) is 0 Å². The largest absolute Gasteiger partial charge is 0.495 e. The highest BCUT2D eigenvalue weighted by Gasteiger charge is 2.22. The first kappa shape index (κ1) is 13.7. The molecule has 1 aliphatic carbocycles. The summed E-state index contributed by atoms with van der Waals surface area (Å²) in [5.74, 6) is 0.324. The number of carbonyl (C=O) groups excluding carboxylic acids is 1. The first-order valence-electron chi connectivity index (χ1n) is 6.53. The van der Waals surface area contributed by atoms with Crippen molar-refractivity contribution in [1.82, 2.24) is 5.32 Å². The number of methoxy groups -OCH3 is 1. The van der Waals surface area contributed by atoms with Crippen molar-refractivity contribution in [3.63, 3.8) is 0 Å². The molecule has 0 heterocycles. The normalized spacial score (nSPS) is 22.8. The summed E-state index contributed by atoms with van der Waals surface area (Å²) in [6.45, 7) is 0. The lowest BCUT2D eigenvalue weighted by molar-refractivity contribution is 0.0868. The average Bonchev–Trinajstić information content (AvgIpc) is 2.41. The Morgan fingerprint density at radius 2 is 2.05 bits per heavy atom. The van der Waals surface area contributed by atoms with Crippen LogP contribution in [-0.4, -0.2) is 30.3 Å². The number of nitrogen functional groups attached to an aromatic ring is 1. The van der Waals surface area contributed by atoms with Gasteiger partial charge in [-0.3, -0.25) is 4.79 Å². The molecule has 5 heteroatoms. The molecule has 0 bridgehead atoms. The van der Waals surface area contributed by atoms with Gasteiger partial charge in [0.15, 0.2) is 0 Å². The Hall–Kier alpha value is -1.75. The third-order valence-corrected chi connectivity index (χ3v) is 3.56. The lowest BCUT2D eigenvalue weighted by Crippen LogP contribution is -2.38. The van der Waals surface area contributed by atoms with Crippen molar-refractivity contribution >= 4 is 11.6 Å². The number of hydrogen-bond acceptors (Lipinski definition) is 4.